The number of carbonyl (C=O) groups excluding carboxylic acids is 1. The zero-order valence-electron chi connectivity index (χ0n) is 19.6. The van der Waals surface area contributed by atoms with Gasteiger partial charge in [0.1, 0.15) is 5.82 Å². The van der Waals surface area contributed by atoms with E-state index in [-0.39, 0.29) is 16.7 Å². The molecule has 34 heavy (non-hydrogen) atoms. The fourth-order valence-corrected chi connectivity index (χ4v) is 5.87. The molecule has 9 nitrogen and oxygen atoms in total. The van der Waals surface area contributed by atoms with E-state index < -0.39 is 10.0 Å². The highest BCUT2D eigenvalue weighted by atomic mass is 32.2. The molecule has 0 radical (unpaired) electrons. The number of piperidine rings is 1. The number of amides is 1. The van der Waals surface area contributed by atoms with E-state index in [1.54, 1.807) is 18.2 Å². The molecule has 0 aliphatic carbocycles. The van der Waals surface area contributed by atoms with Crippen LogP contribution >= 0.6 is 0 Å². The van der Waals surface area contributed by atoms with E-state index in [2.05, 4.69) is 15.1 Å². The zero-order chi connectivity index (χ0) is 23.9. The lowest BCUT2D eigenvalue weighted by molar-refractivity contribution is 0.0711. The highest BCUT2D eigenvalue weighted by molar-refractivity contribution is 7.89. The minimum absolute atomic E-state index is 0.109. The van der Waals surface area contributed by atoms with Gasteiger partial charge < -0.3 is 9.80 Å². The smallest absolute Gasteiger partial charge is 0.256 e. The summed E-state index contributed by atoms with van der Waals surface area (Å²) >= 11 is 0. The van der Waals surface area contributed by atoms with Crippen LogP contribution in [0.4, 0.5) is 5.69 Å². The first-order valence-electron chi connectivity index (χ1n) is 11.8. The average molecular weight is 483 g/mol. The third kappa shape index (κ3) is 4.05. The number of sulfonamides is 1. The van der Waals surface area contributed by atoms with Crippen LogP contribution in [0, 0.1) is 0 Å². The molecule has 0 N–H and O–H groups in total. The Hall–Kier alpha value is -2.98. The number of benzene rings is 1. The Balaban J connectivity index is 1.40. The van der Waals surface area contributed by atoms with E-state index in [4.69, 9.17) is 0 Å². The van der Waals surface area contributed by atoms with Crippen LogP contribution in [0.1, 0.15) is 47.8 Å². The van der Waals surface area contributed by atoms with E-state index in [1.807, 2.05) is 33.7 Å². The molecule has 5 rings (SSSR count). The fraction of sp³-hybridized carbons (Fsp3) is 0.458. The maximum atomic E-state index is 13.7. The summed E-state index contributed by atoms with van der Waals surface area (Å²) in [6, 6.07) is 10.8. The Kier molecular flexibility index (Phi) is 6.03. The summed E-state index contributed by atoms with van der Waals surface area (Å²) in [6.07, 6.45) is 5.69. The number of aromatic nitrogens is 3. The highest BCUT2D eigenvalue weighted by Crippen LogP contribution is 2.32. The van der Waals surface area contributed by atoms with Gasteiger partial charge in [0.2, 0.25) is 10.0 Å². The fourth-order valence-electron chi connectivity index (χ4n) is 4.94. The van der Waals surface area contributed by atoms with Crippen molar-refractivity contribution in [3.63, 3.8) is 0 Å². The van der Waals surface area contributed by atoms with Crippen molar-refractivity contribution < 1.29 is 13.2 Å². The van der Waals surface area contributed by atoms with Gasteiger partial charge in [-0.05, 0) is 56.0 Å². The number of hydrogen-bond donors (Lipinski definition) is 0. The molecule has 2 aliphatic rings. The molecule has 0 spiro atoms. The lowest BCUT2D eigenvalue weighted by atomic mass is 9.95. The summed E-state index contributed by atoms with van der Waals surface area (Å²) in [5.41, 5.74) is 2.12. The van der Waals surface area contributed by atoms with Crippen molar-refractivity contribution in [3.8, 4) is 0 Å². The average Bonchev–Trinajstić information content (AvgIpc) is 3.54. The molecule has 0 bridgehead atoms. The molecule has 1 amide bonds. The molecule has 2 saturated heterocycles. The van der Waals surface area contributed by atoms with Gasteiger partial charge in [-0.15, -0.1) is 10.2 Å². The van der Waals surface area contributed by atoms with E-state index >= 15 is 0 Å². The number of likely N-dealkylation sites (tertiary alicyclic amines) is 1. The van der Waals surface area contributed by atoms with Crippen molar-refractivity contribution >= 4 is 27.3 Å². The molecular formula is C24H30N6O3S. The van der Waals surface area contributed by atoms with E-state index in [1.165, 1.54) is 18.4 Å². The van der Waals surface area contributed by atoms with Gasteiger partial charge in [-0.25, -0.2) is 12.7 Å². The van der Waals surface area contributed by atoms with Crippen LogP contribution in [0.2, 0.25) is 0 Å². The second-order valence-corrected chi connectivity index (χ2v) is 11.4. The molecule has 2 fully saturated rings. The summed E-state index contributed by atoms with van der Waals surface area (Å²) in [7, 11) is -0.629. The predicted molar refractivity (Wildman–Crippen MR) is 130 cm³/mol. The predicted octanol–water partition coefficient (Wildman–Crippen LogP) is 2.60. The van der Waals surface area contributed by atoms with Gasteiger partial charge in [0.25, 0.3) is 5.91 Å². The van der Waals surface area contributed by atoms with Crippen LogP contribution in [0.15, 0.2) is 47.5 Å². The molecule has 0 saturated carbocycles. The molecule has 3 aromatic rings. The van der Waals surface area contributed by atoms with Gasteiger partial charge in [-0.1, -0.05) is 6.07 Å². The first-order chi connectivity index (χ1) is 16.4. The van der Waals surface area contributed by atoms with Crippen molar-refractivity contribution in [2.45, 2.75) is 36.5 Å². The minimum atomic E-state index is -3.64. The maximum absolute atomic E-state index is 13.7. The summed E-state index contributed by atoms with van der Waals surface area (Å²) in [6.45, 7) is 2.94. The molecule has 180 valence electrons. The van der Waals surface area contributed by atoms with E-state index in [0.717, 1.165) is 55.9 Å². The largest absolute Gasteiger partial charge is 0.371 e. The van der Waals surface area contributed by atoms with Crippen molar-refractivity contribution in [1.29, 1.82) is 0 Å². The number of rotatable bonds is 5. The topological polar surface area (TPSA) is 91.1 Å². The number of nitrogens with zero attached hydrogens (tertiary/aromatic N) is 6. The summed E-state index contributed by atoms with van der Waals surface area (Å²) in [5.74, 6) is 1.04. The molecule has 4 heterocycles. The first kappa shape index (κ1) is 22.8. The lowest BCUT2D eigenvalue weighted by Gasteiger charge is -2.32. The highest BCUT2D eigenvalue weighted by Gasteiger charge is 2.31. The van der Waals surface area contributed by atoms with Gasteiger partial charge in [0.05, 0.1) is 10.5 Å². The molecule has 0 unspecified atom stereocenters. The quantitative estimate of drug-likeness (QED) is 0.555. The van der Waals surface area contributed by atoms with Crippen molar-refractivity contribution in [2.75, 3.05) is 45.2 Å². The van der Waals surface area contributed by atoms with Gasteiger partial charge >= 0.3 is 0 Å². The molecule has 2 aliphatic heterocycles. The Morgan fingerprint density at radius 3 is 2.44 bits per heavy atom. The van der Waals surface area contributed by atoms with Crippen LogP contribution in [0.25, 0.3) is 5.65 Å². The number of carbonyl (C=O) groups is 1. The van der Waals surface area contributed by atoms with Crippen LogP contribution in [-0.4, -0.2) is 78.4 Å². The Bertz CT molecular complexity index is 1310. The first-order valence-corrected chi connectivity index (χ1v) is 13.2. The third-order valence-corrected chi connectivity index (χ3v) is 8.72. The summed E-state index contributed by atoms with van der Waals surface area (Å²) < 4.78 is 28.7. The van der Waals surface area contributed by atoms with Crippen molar-refractivity contribution in [3.05, 3.63) is 54.0 Å². The lowest BCUT2D eigenvalue weighted by Crippen LogP contribution is -2.39. The Morgan fingerprint density at radius 1 is 1.00 bits per heavy atom. The number of anilines is 1. The van der Waals surface area contributed by atoms with Gasteiger partial charge in [0, 0.05) is 58.1 Å². The monoisotopic (exact) mass is 482 g/mol. The number of fused-ring (bicyclic) bond motifs is 1. The van der Waals surface area contributed by atoms with Crippen LogP contribution in [0.3, 0.4) is 0 Å². The van der Waals surface area contributed by atoms with E-state index in [9.17, 15) is 13.2 Å². The van der Waals surface area contributed by atoms with Crippen LogP contribution in [-0.2, 0) is 10.0 Å². The number of hydrogen-bond acceptors (Lipinski definition) is 6. The zero-order valence-corrected chi connectivity index (χ0v) is 20.4. The third-order valence-electron chi connectivity index (χ3n) is 6.91. The Labute approximate surface area is 200 Å². The maximum Gasteiger partial charge on any atom is 0.256 e. The molecule has 0 atom stereocenters. The molecule has 10 heteroatoms. The number of pyridine rings is 1. The van der Waals surface area contributed by atoms with Gasteiger partial charge in [-0.3, -0.25) is 9.20 Å². The standard InChI is InChI=1S/C24H30N6O3S/c1-27(2)34(32,33)19-8-9-21(28-12-5-6-13-28)20(17-19)24(31)29-15-10-18(11-16-29)23-26-25-22-7-3-4-14-30(22)23/h3-4,7-9,14,17-18H,5-6,10-13,15-16H2,1-2H3. The second kappa shape index (κ2) is 8.99. The minimum Gasteiger partial charge on any atom is -0.371 e. The summed E-state index contributed by atoms with van der Waals surface area (Å²) in [4.78, 5) is 17.9. The van der Waals surface area contributed by atoms with Crippen molar-refractivity contribution in [1.82, 2.24) is 23.8 Å². The van der Waals surface area contributed by atoms with Crippen LogP contribution in [0.5, 0.6) is 0 Å². The molecule has 1 aromatic carbocycles. The van der Waals surface area contributed by atoms with Gasteiger partial charge in [0.15, 0.2) is 5.65 Å². The van der Waals surface area contributed by atoms with E-state index in [0.29, 0.717) is 18.7 Å². The molecule has 2 aromatic heterocycles. The second-order valence-electron chi connectivity index (χ2n) is 9.21. The normalized spacial score (nSPS) is 17.7. The SMILES string of the molecule is CN(C)S(=O)(=O)c1ccc(N2CCCC2)c(C(=O)N2CCC(c3nnc4ccccn34)CC2)c1. The van der Waals surface area contributed by atoms with Crippen LogP contribution < -0.4 is 4.90 Å². The Morgan fingerprint density at radius 2 is 1.74 bits per heavy atom. The van der Waals surface area contributed by atoms with Gasteiger partial charge in [-0.2, -0.15) is 0 Å². The molecular weight excluding hydrogens is 452 g/mol. The van der Waals surface area contributed by atoms with Crippen molar-refractivity contribution in [2.24, 2.45) is 0 Å². The summed E-state index contributed by atoms with van der Waals surface area (Å²) in [5, 5.41) is 8.66.